The highest BCUT2D eigenvalue weighted by Gasteiger charge is 2.40. The zero-order chi connectivity index (χ0) is 17.3. The molecule has 0 radical (unpaired) electrons. The maximum absolute atomic E-state index is 10.7. The molecule has 0 heterocycles. The topological polar surface area (TPSA) is 177 Å². The fourth-order valence-electron chi connectivity index (χ4n) is 0.938. The number of aliphatic carboxylic acids is 3. The largest absolute Gasteiger partial charge is 0.481 e. The third-order valence-electron chi connectivity index (χ3n) is 1.96. The van der Waals surface area contributed by atoms with Gasteiger partial charge in [-0.3, -0.25) is 23.2 Å². The second-order valence-electron chi connectivity index (χ2n) is 3.47. The van der Waals surface area contributed by atoms with Gasteiger partial charge in [0, 0.05) is 21.3 Å². The summed E-state index contributed by atoms with van der Waals surface area (Å²) in [6.07, 6.45) is -2.29. The number of carbonyl (C=O) groups is 3. The van der Waals surface area contributed by atoms with Crippen molar-refractivity contribution in [2.45, 2.75) is 18.4 Å². The average Bonchev–Trinajstić information content (AvgIpc) is 2.36. The van der Waals surface area contributed by atoms with Crippen LogP contribution in [0.4, 0.5) is 0 Å². The van der Waals surface area contributed by atoms with E-state index in [1.54, 1.807) is 0 Å². The fraction of sp³-hybridized carbons (Fsp3) is 0.667. The van der Waals surface area contributed by atoms with E-state index in [1.807, 2.05) is 0 Å². The molecule has 0 aliphatic heterocycles. The zero-order valence-electron chi connectivity index (χ0n) is 11.5. The molecule has 124 valence electrons. The van der Waals surface area contributed by atoms with Crippen LogP contribution in [0.25, 0.3) is 0 Å². The van der Waals surface area contributed by atoms with Gasteiger partial charge in [-0.05, 0) is 0 Å². The lowest BCUT2D eigenvalue weighted by Gasteiger charge is -2.18. The van der Waals surface area contributed by atoms with E-state index in [0.29, 0.717) is 0 Å². The molecule has 12 heteroatoms. The summed E-state index contributed by atoms with van der Waals surface area (Å²) in [6.45, 7) is 0. The lowest BCUT2D eigenvalue weighted by molar-refractivity contribution is -0.170. The molecule has 4 N–H and O–H groups in total. The smallest absolute Gasteiger partial charge is 0.473 e. The molecular formula is C9H17O11P. The molecular weight excluding hydrogens is 315 g/mol. The molecule has 0 saturated carbocycles. The van der Waals surface area contributed by atoms with Gasteiger partial charge in [0.1, 0.15) is 0 Å². The molecule has 11 nitrogen and oxygen atoms in total. The molecule has 0 unspecified atom stereocenters. The Balaban J connectivity index is 0. The van der Waals surface area contributed by atoms with Crippen molar-refractivity contribution in [3.63, 3.8) is 0 Å². The van der Waals surface area contributed by atoms with Crippen molar-refractivity contribution in [1.29, 1.82) is 0 Å². The van der Waals surface area contributed by atoms with Crippen LogP contribution < -0.4 is 0 Å². The van der Waals surface area contributed by atoms with Crippen molar-refractivity contribution in [1.82, 2.24) is 0 Å². The Hall–Kier alpha value is -1.52. The Bertz CT molecular complexity index is 383. The van der Waals surface area contributed by atoms with Crippen LogP contribution in [0.3, 0.4) is 0 Å². The van der Waals surface area contributed by atoms with Gasteiger partial charge in [0.15, 0.2) is 5.60 Å². The van der Waals surface area contributed by atoms with E-state index in [0.717, 1.165) is 0 Å². The van der Waals surface area contributed by atoms with Gasteiger partial charge < -0.3 is 20.4 Å². The SMILES string of the molecule is COP(=O)(OC)OC.O=C(O)CC(O)(CC(=O)O)C(=O)O. The van der Waals surface area contributed by atoms with Crippen molar-refractivity contribution in [3.8, 4) is 0 Å². The van der Waals surface area contributed by atoms with Gasteiger partial charge in [0.25, 0.3) is 0 Å². The van der Waals surface area contributed by atoms with Crippen molar-refractivity contribution < 1.29 is 52.9 Å². The van der Waals surface area contributed by atoms with Crippen LogP contribution >= 0.6 is 7.82 Å². The summed E-state index contributed by atoms with van der Waals surface area (Å²) in [7, 11) is 0.611. The highest BCUT2D eigenvalue weighted by atomic mass is 31.2. The Labute approximate surface area is 119 Å². The first-order chi connectivity index (χ1) is 9.46. The van der Waals surface area contributed by atoms with Crippen molar-refractivity contribution >= 4 is 25.7 Å². The van der Waals surface area contributed by atoms with Crippen LogP contribution in [-0.2, 0) is 32.5 Å². The van der Waals surface area contributed by atoms with E-state index >= 15 is 0 Å². The summed E-state index contributed by atoms with van der Waals surface area (Å²) in [5.41, 5.74) is -2.74. The highest BCUT2D eigenvalue weighted by molar-refractivity contribution is 7.48. The summed E-state index contributed by atoms with van der Waals surface area (Å²) in [5.74, 6) is -5.02. The normalized spacial score (nSPS) is 11.2. The summed E-state index contributed by atoms with van der Waals surface area (Å²) >= 11 is 0. The molecule has 0 aromatic carbocycles. The molecule has 0 aliphatic carbocycles. The lowest BCUT2D eigenvalue weighted by Crippen LogP contribution is -2.42. The van der Waals surface area contributed by atoms with Gasteiger partial charge in [-0.15, -0.1) is 0 Å². The summed E-state index contributed by atoms with van der Waals surface area (Å²) in [6, 6.07) is 0. The maximum Gasteiger partial charge on any atom is 0.473 e. The van der Waals surface area contributed by atoms with Gasteiger partial charge in [0.05, 0.1) is 12.8 Å². The number of phosphoric acid groups is 1. The van der Waals surface area contributed by atoms with E-state index in [1.165, 1.54) is 21.3 Å². The van der Waals surface area contributed by atoms with Crippen molar-refractivity contribution in [3.05, 3.63) is 0 Å². The standard InChI is InChI=1S/C6H8O7.C3H9O4P/c7-3(8)1-6(13,5(11)12)2-4(9)10;1-5-8(4,6-2)7-3/h13H,1-2H2,(H,7,8)(H,9,10)(H,11,12);1-3H3. The number of carboxylic acids is 3. The van der Waals surface area contributed by atoms with Gasteiger partial charge in [0.2, 0.25) is 0 Å². The Morgan fingerprint density at radius 2 is 1.19 bits per heavy atom. The average molecular weight is 332 g/mol. The Morgan fingerprint density at radius 1 is 0.905 bits per heavy atom. The molecule has 0 aliphatic rings. The molecule has 0 amide bonds. The highest BCUT2D eigenvalue weighted by Crippen LogP contribution is 2.46. The first-order valence-corrected chi connectivity index (χ1v) is 6.59. The molecule has 0 aromatic heterocycles. The predicted molar refractivity (Wildman–Crippen MR) is 65.7 cm³/mol. The third-order valence-corrected chi connectivity index (χ3v) is 3.30. The van der Waals surface area contributed by atoms with Crippen molar-refractivity contribution in [2.24, 2.45) is 0 Å². The number of carboxylic acid groups (broad SMARTS) is 3. The Morgan fingerprint density at radius 3 is 1.29 bits per heavy atom. The quantitative estimate of drug-likeness (QED) is 0.432. The third kappa shape index (κ3) is 9.10. The number of rotatable bonds is 8. The number of hydrogen-bond acceptors (Lipinski definition) is 8. The van der Waals surface area contributed by atoms with Crippen LogP contribution in [0.2, 0.25) is 0 Å². The van der Waals surface area contributed by atoms with E-state index in [-0.39, 0.29) is 0 Å². The van der Waals surface area contributed by atoms with E-state index in [4.69, 9.17) is 20.4 Å². The second kappa shape index (κ2) is 9.42. The van der Waals surface area contributed by atoms with Crippen LogP contribution in [0, 0.1) is 0 Å². The first kappa shape index (κ1) is 21.8. The molecule has 0 bridgehead atoms. The fourth-order valence-corrected chi connectivity index (χ4v) is 1.38. The number of aliphatic hydroxyl groups is 1. The van der Waals surface area contributed by atoms with E-state index in [9.17, 15) is 18.9 Å². The minimum Gasteiger partial charge on any atom is -0.481 e. The van der Waals surface area contributed by atoms with Crippen LogP contribution in [0.5, 0.6) is 0 Å². The van der Waals surface area contributed by atoms with Gasteiger partial charge >= 0.3 is 25.7 Å². The molecule has 0 rings (SSSR count). The number of hydrogen-bond donors (Lipinski definition) is 4. The summed E-state index contributed by atoms with van der Waals surface area (Å²) in [4.78, 5) is 30.5. The predicted octanol–water partition coefficient (Wildman–Crippen LogP) is -0.215. The van der Waals surface area contributed by atoms with Crippen molar-refractivity contribution in [2.75, 3.05) is 21.3 Å². The lowest BCUT2D eigenvalue weighted by atomic mass is 9.96. The first-order valence-electron chi connectivity index (χ1n) is 5.13. The van der Waals surface area contributed by atoms with Gasteiger partial charge in [-0.25, -0.2) is 9.36 Å². The molecule has 21 heavy (non-hydrogen) atoms. The van der Waals surface area contributed by atoms with Crippen LogP contribution in [0.15, 0.2) is 0 Å². The summed E-state index contributed by atoms with van der Waals surface area (Å²) < 4.78 is 23.7. The molecule has 0 aromatic rings. The minimum absolute atomic E-state index is 1.14. The zero-order valence-corrected chi connectivity index (χ0v) is 12.4. The monoisotopic (exact) mass is 332 g/mol. The van der Waals surface area contributed by atoms with Gasteiger partial charge in [-0.2, -0.15) is 0 Å². The molecule has 0 saturated heterocycles. The maximum atomic E-state index is 10.7. The second-order valence-corrected chi connectivity index (χ2v) is 5.46. The molecule has 0 spiro atoms. The minimum atomic E-state index is -3.16. The van der Waals surface area contributed by atoms with E-state index in [2.05, 4.69) is 13.6 Å². The molecule has 0 fully saturated rings. The van der Waals surface area contributed by atoms with Gasteiger partial charge in [-0.1, -0.05) is 0 Å². The van der Waals surface area contributed by atoms with Crippen LogP contribution in [0.1, 0.15) is 12.8 Å². The Kier molecular flexibility index (Phi) is 9.77. The molecule has 0 atom stereocenters. The summed E-state index contributed by atoms with van der Waals surface area (Å²) in [5, 5.41) is 33.8. The van der Waals surface area contributed by atoms with Crippen LogP contribution in [-0.4, -0.2) is 65.3 Å². The van der Waals surface area contributed by atoms with E-state index < -0.39 is 44.2 Å². The number of phosphoric ester groups is 1.